The van der Waals surface area contributed by atoms with Crippen LogP contribution >= 0.6 is 11.3 Å². The number of amides is 1. The van der Waals surface area contributed by atoms with E-state index in [1.807, 2.05) is 13.8 Å². The van der Waals surface area contributed by atoms with Crippen molar-refractivity contribution in [2.24, 2.45) is 0 Å². The van der Waals surface area contributed by atoms with E-state index >= 15 is 0 Å². The summed E-state index contributed by atoms with van der Waals surface area (Å²) in [6.07, 6.45) is 0.879. The van der Waals surface area contributed by atoms with Gasteiger partial charge in [-0.3, -0.25) is 4.79 Å². The summed E-state index contributed by atoms with van der Waals surface area (Å²) in [5.74, 6) is 0.298. The molecule has 0 aliphatic carbocycles. The highest BCUT2D eigenvalue weighted by atomic mass is 32.2. The molecule has 2 rings (SSSR count). The largest absolute Gasteiger partial charge is 0.339 e. The molecule has 1 aliphatic rings. The number of carbonyl (C=O) groups excluding carboxylic acids is 1. The van der Waals surface area contributed by atoms with Crippen molar-refractivity contribution < 1.29 is 13.2 Å². The Hall–Kier alpha value is -0.950. The summed E-state index contributed by atoms with van der Waals surface area (Å²) in [5, 5.41) is 0. The quantitative estimate of drug-likeness (QED) is 0.833. The van der Waals surface area contributed by atoms with Crippen LogP contribution in [-0.4, -0.2) is 48.3 Å². The average molecular weight is 302 g/mol. The summed E-state index contributed by atoms with van der Waals surface area (Å²) in [4.78, 5) is 19.1. The number of nitrogens with zero attached hydrogens (tertiary/aromatic N) is 2. The number of thiazole rings is 1. The van der Waals surface area contributed by atoms with E-state index in [0.717, 1.165) is 10.6 Å². The molecule has 0 bridgehead atoms. The molecule has 0 spiro atoms. The number of hydrogen-bond acceptors (Lipinski definition) is 5. The second kappa shape index (κ2) is 5.58. The van der Waals surface area contributed by atoms with Gasteiger partial charge in [-0.1, -0.05) is 0 Å². The molecule has 0 saturated carbocycles. The molecule has 5 nitrogen and oxygen atoms in total. The maximum absolute atomic E-state index is 12.3. The molecule has 0 aromatic carbocycles. The molecule has 0 radical (unpaired) electrons. The number of likely N-dealkylation sites (N-methyl/N-ethyl adjacent to an activating group) is 1. The van der Waals surface area contributed by atoms with E-state index in [4.69, 9.17) is 0 Å². The maximum atomic E-state index is 12.3. The van der Waals surface area contributed by atoms with Crippen molar-refractivity contribution in [3.8, 4) is 0 Å². The summed E-state index contributed by atoms with van der Waals surface area (Å²) in [6.45, 7) is 4.33. The molecular weight excluding hydrogens is 284 g/mol. The Morgan fingerprint density at radius 1 is 1.58 bits per heavy atom. The SMILES string of the molecule is CCN(C(=O)Cc1scnc1C)C1CCS(=O)(=O)C1. The van der Waals surface area contributed by atoms with Gasteiger partial charge in [0, 0.05) is 17.5 Å². The van der Waals surface area contributed by atoms with E-state index in [-0.39, 0.29) is 23.5 Å². The highest BCUT2D eigenvalue weighted by Crippen LogP contribution is 2.20. The first-order valence-electron chi connectivity index (χ1n) is 6.32. The summed E-state index contributed by atoms with van der Waals surface area (Å²) < 4.78 is 23.0. The molecule has 2 heterocycles. The second-order valence-electron chi connectivity index (χ2n) is 4.77. The van der Waals surface area contributed by atoms with Crippen LogP contribution in [0.15, 0.2) is 5.51 Å². The van der Waals surface area contributed by atoms with Gasteiger partial charge in [-0.15, -0.1) is 11.3 Å². The number of aryl methyl sites for hydroxylation is 1. The average Bonchev–Trinajstić information content (AvgIpc) is 2.87. The molecule has 1 aromatic rings. The Morgan fingerprint density at radius 3 is 2.79 bits per heavy atom. The predicted molar refractivity (Wildman–Crippen MR) is 75.0 cm³/mol. The molecule has 1 atom stereocenters. The van der Waals surface area contributed by atoms with Gasteiger partial charge in [0.15, 0.2) is 9.84 Å². The molecule has 1 amide bonds. The van der Waals surface area contributed by atoms with Crippen molar-refractivity contribution in [2.45, 2.75) is 32.7 Å². The molecule has 1 saturated heterocycles. The van der Waals surface area contributed by atoms with Crippen molar-refractivity contribution in [1.29, 1.82) is 0 Å². The zero-order valence-corrected chi connectivity index (χ0v) is 12.8. The van der Waals surface area contributed by atoms with Gasteiger partial charge in [-0.25, -0.2) is 13.4 Å². The Kier molecular flexibility index (Phi) is 4.25. The number of sulfone groups is 1. The number of aromatic nitrogens is 1. The van der Waals surface area contributed by atoms with Gasteiger partial charge in [-0.2, -0.15) is 0 Å². The fourth-order valence-electron chi connectivity index (χ4n) is 2.39. The smallest absolute Gasteiger partial charge is 0.228 e. The van der Waals surface area contributed by atoms with Gasteiger partial charge in [0.25, 0.3) is 0 Å². The molecule has 106 valence electrons. The first-order chi connectivity index (χ1) is 8.93. The predicted octanol–water partition coefficient (Wildman–Crippen LogP) is 1.03. The number of rotatable bonds is 4. The van der Waals surface area contributed by atoms with E-state index in [2.05, 4.69) is 4.98 Å². The van der Waals surface area contributed by atoms with Crippen LogP contribution in [0.4, 0.5) is 0 Å². The molecule has 1 unspecified atom stereocenters. The number of hydrogen-bond donors (Lipinski definition) is 0. The van der Waals surface area contributed by atoms with Gasteiger partial charge in [0.05, 0.1) is 29.1 Å². The van der Waals surface area contributed by atoms with Crippen LogP contribution in [0, 0.1) is 6.92 Å². The fourth-order valence-corrected chi connectivity index (χ4v) is 4.89. The van der Waals surface area contributed by atoms with Gasteiger partial charge >= 0.3 is 0 Å². The lowest BCUT2D eigenvalue weighted by molar-refractivity contribution is -0.132. The van der Waals surface area contributed by atoms with E-state index in [1.54, 1.807) is 10.4 Å². The van der Waals surface area contributed by atoms with Crippen LogP contribution in [0.2, 0.25) is 0 Å². The zero-order valence-electron chi connectivity index (χ0n) is 11.1. The van der Waals surface area contributed by atoms with E-state index in [1.165, 1.54) is 11.3 Å². The molecule has 7 heteroatoms. The lowest BCUT2D eigenvalue weighted by atomic mass is 10.2. The minimum Gasteiger partial charge on any atom is -0.339 e. The Bertz CT molecular complexity index is 565. The van der Waals surface area contributed by atoms with Gasteiger partial charge in [0.1, 0.15) is 0 Å². The fraction of sp³-hybridized carbons (Fsp3) is 0.667. The normalized spacial score (nSPS) is 21.5. The van der Waals surface area contributed by atoms with Crippen molar-refractivity contribution in [1.82, 2.24) is 9.88 Å². The van der Waals surface area contributed by atoms with E-state index in [0.29, 0.717) is 19.4 Å². The summed E-state index contributed by atoms with van der Waals surface area (Å²) in [6, 6.07) is -0.157. The van der Waals surface area contributed by atoms with Crippen LogP contribution in [0.3, 0.4) is 0 Å². The van der Waals surface area contributed by atoms with Crippen molar-refractivity contribution in [2.75, 3.05) is 18.1 Å². The minimum atomic E-state index is -2.96. The molecule has 19 heavy (non-hydrogen) atoms. The van der Waals surface area contributed by atoms with Gasteiger partial charge < -0.3 is 4.90 Å². The van der Waals surface area contributed by atoms with Crippen LogP contribution in [0.1, 0.15) is 23.9 Å². The molecule has 1 aromatic heterocycles. The lowest BCUT2D eigenvalue weighted by Gasteiger charge is -2.26. The van der Waals surface area contributed by atoms with Crippen LogP contribution in [-0.2, 0) is 21.1 Å². The monoisotopic (exact) mass is 302 g/mol. The van der Waals surface area contributed by atoms with Crippen molar-refractivity contribution in [3.63, 3.8) is 0 Å². The second-order valence-corrected chi connectivity index (χ2v) is 7.94. The third-order valence-electron chi connectivity index (χ3n) is 3.47. The Labute approximate surface area is 117 Å². The Balaban J connectivity index is 2.06. The van der Waals surface area contributed by atoms with Crippen LogP contribution in [0.25, 0.3) is 0 Å². The van der Waals surface area contributed by atoms with Crippen molar-refractivity contribution >= 4 is 27.1 Å². The topological polar surface area (TPSA) is 67.3 Å². The summed E-state index contributed by atoms with van der Waals surface area (Å²) in [7, 11) is -2.96. The summed E-state index contributed by atoms with van der Waals surface area (Å²) in [5.41, 5.74) is 2.61. The third-order valence-corrected chi connectivity index (χ3v) is 6.15. The van der Waals surface area contributed by atoms with E-state index < -0.39 is 9.84 Å². The van der Waals surface area contributed by atoms with Gasteiger partial charge in [-0.05, 0) is 20.3 Å². The van der Waals surface area contributed by atoms with Crippen LogP contribution < -0.4 is 0 Å². The number of carbonyl (C=O) groups is 1. The zero-order chi connectivity index (χ0) is 14.0. The standard InChI is InChI=1S/C12H18N2O3S2/c1-3-14(10-4-5-19(16,17)7-10)12(15)6-11-9(2)13-8-18-11/h8,10H,3-7H2,1-2H3. The molecule has 1 fully saturated rings. The third kappa shape index (κ3) is 3.33. The first kappa shape index (κ1) is 14.5. The maximum Gasteiger partial charge on any atom is 0.228 e. The Morgan fingerprint density at radius 2 is 2.32 bits per heavy atom. The minimum absolute atomic E-state index is 0.00282. The highest BCUT2D eigenvalue weighted by Gasteiger charge is 2.33. The van der Waals surface area contributed by atoms with E-state index in [9.17, 15) is 13.2 Å². The van der Waals surface area contributed by atoms with Gasteiger partial charge in [0.2, 0.25) is 5.91 Å². The summed E-state index contributed by atoms with van der Waals surface area (Å²) >= 11 is 1.47. The van der Waals surface area contributed by atoms with Crippen LogP contribution in [0.5, 0.6) is 0 Å². The first-order valence-corrected chi connectivity index (χ1v) is 9.02. The lowest BCUT2D eigenvalue weighted by Crippen LogP contribution is -2.41. The molecule has 1 aliphatic heterocycles. The highest BCUT2D eigenvalue weighted by molar-refractivity contribution is 7.91. The van der Waals surface area contributed by atoms with Crippen molar-refractivity contribution in [3.05, 3.63) is 16.1 Å². The molecule has 0 N–H and O–H groups in total. The molecular formula is C12H18N2O3S2.